The molecule has 1 fully saturated rings. The van der Waals surface area contributed by atoms with Gasteiger partial charge in [-0.25, -0.2) is 9.37 Å². The highest BCUT2D eigenvalue weighted by atomic mass is 35.5. The van der Waals surface area contributed by atoms with E-state index in [1.54, 1.807) is 30.3 Å². The van der Waals surface area contributed by atoms with Gasteiger partial charge in [-0.15, -0.1) is 0 Å². The first-order valence-corrected chi connectivity index (χ1v) is 11.5. The SMILES string of the molecule is NC(=O)c1cc(F)c(NC2CCCC[C@@H]2N)nc1Nc1cncc(NC(=O)c2cccc(Cl)c2)c1. The number of aromatic nitrogens is 2. The molecule has 1 aliphatic carbocycles. The zero-order valence-corrected chi connectivity index (χ0v) is 19.5. The number of carbonyl (C=O) groups excluding carboxylic acids is 2. The summed E-state index contributed by atoms with van der Waals surface area (Å²) in [6, 6.07) is 8.88. The molecule has 11 heteroatoms. The van der Waals surface area contributed by atoms with Crippen LogP contribution in [0.3, 0.4) is 0 Å². The van der Waals surface area contributed by atoms with Crippen LogP contribution >= 0.6 is 11.6 Å². The Morgan fingerprint density at radius 3 is 2.57 bits per heavy atom. The third-order valence-electron chi connectivity index (χ3n) is 5.73. The van der Waals surface area contributed by atoms with Crippen molar-refractivity contribution in [2.45, 2.75) is 37.8 Å². The van der Waals surface area contributed by atoms with E-state index < -0.39 is 11.7 Å². The number of amides is 2. The van der Waals surface area contributed by atoms with Crippen LogP contribution < -0.4 is 27.4 Å². The number of anilines is 4. The van der Waals surface area contributed by atoms with Crippen molar-refractivity contribution in [1.82, 2.24) is 9.97 Å². The van der Waals surface area contributed by atoms with Gasteiger partial charge in [0.2, 0.25) is 0 Å². The average molecular weight is 498 g/mol. The Kier molecular flexibility index (Phi) is 7.42. The number of primary amides is 1. The van der Waals surface area contributed by atoms with Crippen molar-refractivity contribution in [2.75, 3.05) is 16.0 Å². The Labute approximate surface area is 206 Å². The van der Waals surface area contributed by atoms with Crippen LogP contribution in [0.4, 0.5) is 27.4 Å². The molecule has 0 bridgehead atoms. The summed E-state index contributed by atoms with van der Waals surface area (Å²) in [6.07, 6.45) is 6.56. The topological polar surface area (TPSA) is 148 Å². The molecule has 4 rings (SSSR count). The first kappa shape index (κ1) is 24.4. The second kappa shape index (κ2) is 10.7. The highest BCUT2D eigenvalue weighted by Gasteiger charge is 2.24. The van der Waals surface area contributed by atoms with Crippen molar-refractivity contribution >= 4 is 46.4 Å². The molecule has 35 heavy (non-hydrogen) atoms. The molecule has 9 nitrogen and oxygen atoms in total. The molecule has 0 radical (unpaired) electrons. The van der Waals surface area contributed by atoms with Crippen molar-refractivity contribution in [1.29, 1.82) is 0 Å². The van der Waals surface area contributed by atoms with E-state index in [0.29, 0.717) is 22.0 Å². The van der Waals surface area contributed by atoms with Crippen LogP contribution in [0, 0.1) is 5.82 Å². The van der Waals surface area contributed by atoms with Gasteiger partial charge in [-0.1, -0.05) is 30.5 Å². The van der Waals surface area contributed by atoms with E-state index in [0.717, 1.165) is 31.7 Å². The van der Waals surface area contributed by atoms with Gasteiger partial charge in [0.25, 0.3) is 11.8 Å². The minimum absolute atomic E-state index is 0.0294. The number of benzene rings is 1. The van der Waals surface area contributed by atoms with Crippen molar-refractivity contribution in [3.05, 3.63) is 70.8 Å². The van der Waals surface area contributed by atoms with Crippen LogP contribution in [0.25, 0.3) is 0 Å². The smallest absolute Gasteiger partial charge is 0.255 e. The molecule has 0 spiro atoms. The summed E-state index contributed by atoms with van der Waals surface area (Å²) in [5.74, 6) is -1.91. The lowest BCUT2D eigenvalue weighted by atomic mass is 9.91. The number of hydrogen-bond acceptors (Lipinski definition) is 7. The summed E-state index contributed by atoms with van der Waals surface area (Å²) in [6.45, 7) is 0. The van der Waals surface area contributed by atoms with Gasteiger partial charge < -0.3 is 27.4 Å². The molecular weight excluding hydrogens is 473 g/mol. The predicted octanol–water partition coefficient (Wildman–Crippen LogP) is 4.05. The highest BCUT2D eigenvalue weighted by molar-refractivity contribution is 6.31. The molecule has 1 unspecified atom stereocenters. The van der Waals surface area contributed by atoms with Gasteiger partial charge in [0.15, 0.2) is 11.6 Å². The number of halogens is 2. The first-order chi connectivity index (χ1) is 16.8. The maximum Gasteiger partial charge on any atom is 0.255 e. The number of pyridine rings is 2. The molecular formula is C24H25ClFN7O2. The largest absolute Gasteiger partial charge is 0.365 e. The fourth-order valence-corrected chi connectivity index (χ4v) is 4.12. The first-order valence-electron chi connectivity index (χ1n) is 11.1. The number of nitrogens with one attached hydrogen (secondary N) is 3. The number of carbonyl (C=O) groups is 2. The zero-order chi connectivity index (χ0) is 24.9. The van der Waals surface area contributed by atoms with Gasteiger partial charge in [0.05, 0.1) is 29.3 Å². The molecule has 0 saturated heterocycles. The molecule has 0 aliphatic heterocycles. The third-order valence-corrected chi connectivity index (χ3v) is 5.96. The van der Waals surface area contributed by atoms with Crippen molar-refractivity contribution in [3.8, 4) is 0 Å². The van der Waals surface area contributed by atoms with Crippen LogP contribution in [-0.4, -0.2) is 33.9 Å². The van der Waals surface area contributed by atoms with E-state index in [2.05, 4.69) is 25.9 Å². The van der Waals surface area contributed by atoms with Crippen LogP contribution in [0.2, 0.25) is 5.02 Å². The quantitative estimate of drug-likeness (QED) is 0.330. The highest BCUT2D eigenvalue weighted by Crippen LogP contribution is 2.27. The lowest BCUT2D eigenvalue weighted by Crippen LogP contribution is -2.43. The molecule has 2 atom stereocenters. The normalized spacial score (nSPS) is 17.5. The third kappa shape index (κ3) is 6.03. The number of nitrogens with zero attached hydrogens (tertiary/aromatic N) is 2. The predicted molar refractivity (Wildman–Crippen MR) is 133 cm³/mol. The molecule has 1 aromatic carbocycles. The average Bonchev–Trinajstić information content (AvgIpc) is 2.82. The van der Waals surface area contributed by atoms with Gasteiger partial charge in [-0.3, -0.25) is 14.6 Å². The summed E-state index contributed by atoms with van der Waals surface area (Å²) < 4.78 is 14.7. The number of rotatable bonds is 7. The fraction of sp³-hybridized carbons (Fsp3) is 0.250. The molecule has 3 aromatic rings. The van der Waals surface area contributed by atoms with E-state index in [9.17, 15) is 14.0 Å². The Morgan fingerprint density at radius 2 is 1.83 bits per heavy atom. The van der Waals surface area contributed by atoms with E-state index in [4.69, 9.17) is 23.1 Å². The van der Waals surface area contributed by atoms with E-state index in [-0.39, 0.29) is 35.2 Å². The molecule has 2 aromatic heterocycles. The Bertz CT molecular complexity index is 1260. The number of nitrogens with two attached hydrogens (primary N) is 2. The minimum atomic E-state index is -0.849. The van der Waals surface area contributed by atoms with Crippen LogP contribution in [0.5, 0.6) is 0 Å². The molecule has 2 amide bonds. The lowest BCUT2D eigenvalue weighted by molar-refractivity contribution is 0.0997. The summed E-state index contributed by atoms with van der Waals surface area (Å²) in [5.41, 5.74) is 12.7. The Balaban J connectivity index is 1.56. The van der Waals surface area contributed by atoms with Crippen LogP contribution in [0.1, 0.15) is 46.4 Å². The van der Waals surface area contributed by atoms with Gasteiger partial charge >= 0.3 is 0 Å². The van der Waals surface area contributed by atoms with E-state index in [1.807, 2.05) is 0 Å². The Morgan fingerprint density at radius 1 is 1.06 bits per heavy atom. The second-order valence-corrected chi connectivity index (χ2v) is 8.77. The zero-order valence-electron chi connectivity index (χ0n) is 18.7. The fourth-order valence-electron chi connectivity index (χ4n) is 3.93. The van der Waals surface area contributed by atoms with Crippen LogP contribution in [0.15, 0.2) is 48.8 Å². The van der Waals surface area contributed by atoms with Gasteiger partial charge in [-0.2, -0.15) is 0 Å². The molecule has 7 N–H and O–H groups in total. The standard InChI is InChI=1S/C24H25ClFN7O2/c25-14-5-3-4-13(8-14)24(35)31-16-9-15(11-29-12-16)30-22-17(21(28)34)10-18(26)23(33-22)32-20-7-2-1-6-19(20)27/h3-5,8-12,19-20H,1-2,6-7,27H2,(H2,28,34)(H,31,35)(H2,30,32,33)/t19-,20?/m0/s1. The molecule has 2 heterocycles. The molecule has 1 saturated carbocycles. The maximum absolute atomic E-state index is 14.7. The maximum atomic E-state index is 14.7. The van der Waals surface area contributed by atoms with E-state index in [1.165, 1.54) is 12.4 Å². The minimum Gasteiger partial charge on any atom is -0.365 e. The van der Waals surface area contributed by atoms with Gasteiger partial charge in [-0.05, 0) is 43.2 Å². The Hall–Kier alpha value is -3.76. The molecule has 182 valence electrons. The lowest BCUT2D eigenvalue weighted by Gasteiger charge is -2.30. The van der Waals surface area contributed by atoms with Crippen molar-refractivity contribution < 1.29 is 14.0 Å². The van der Waals surface area contributed by atoms with Gasteiger partial charge in [0, 0.05) is 22.7 Å². The van der Waals surface area contributed by atoms with Crippen LogP contribution in [-0.2, 0) is 0 Å². The van der Waals surface area contributed by atoms with Crippen molar-refractivity contribution in [2.24, 2.45) is 11.5 Å². The second-order valence-electron chi connectivity index (χ2n) is 8.33. The summed E-state index contributed by atoms with van der Waals surface area (Å²) >= 11 is 5.96. The monoisotopic (exact) mass is 497 g/mol. The summed E-state index contributed by atoms with van der Waals surface area (Å²) in [7, 11) is 0. The van der Waals surface area contributed by atoms with E-state index >= 15 is 0 Å². The molecule has 1 aliphatic rings. The summed E-state index contributed by atoms with van der Waals surface area (Å²) in [5, 5.41) is 9.18. The summed E-state index contributed by atoms with van der Waals surface area (Å²) in [4.78, 5) is 32.9. The number of hydrogen-bond donors (Lipinski definition) is 5. The van der Waals surface area contributed by atoms with Crippen molar-refractivity contribution in [3.63, 3.8) is 0 Å². The van der Waals surface area contributed by atoms with Gasteiger partial charge in [0.1, 0.15) is 5.82 Å².